The van der Waals surface area contributed by atoms with Crippen LogP contribution < -0.4 is 25.6 Å². The van der Waals surface area contributed by atoms with E-state index < -0.39 is 29.1 Å². The predicted molar refractivity (Wildman–Crippen MR) is 208 cm³/mol. The minimum absolute atomic E-state index is 0.0237. The van der Waals surface area contributed by atoms with Crippen LogP contribution in [0.2, 0.25) is 0 Å². The van der Waals surface area contributed by atoms with Crippen LogP contribution in [0.25, 0.3) is 22.3 Å². The number of hydrogen-bond acceptors (Lipinski definition) is 11. The number of nitrogens with one attached hydrogen (secondary N) is 3. The fraction of sp³-hybridized carbons (Fsp3) is 0.538. The number of carbonyl (C=O) groups is 4. The number of ether oxygens (including phenoxy) is 2. The van der Waals surface area contributed by atoms with Crippen LogP contribution in [0.1, 0.15) is 73.1 Å². The molecule has 0 spiro atoms. The third-order valence-electron chi connectivity index (χ3n) is 10.8. The van der Waals surface area contributed by atoms with E-state index in [1.165, 1.54) is 17.4 Å². The van der Waals surface area contributed by atoms with E-state index in [-0.39, 0.29) is 54.4 Å². The number of anilines is 1. The quantitative estimate of drug-likeness (QED) is 0.186. The molecule has 1 aromatic carbocycles. The molecular formula is C39H47BrN6O7S. The van der Waals surface area contributed by atoms with Gasteiger partial charge in [-0.25, -0.2) is 9.97 Å². The number of methoxy groups -OCH3 is 1. The summed E-state index contributed by atoms with van der Waals surface area (Å²) >= 11 is 4.95. The molecule has 4 aliphatic rings. The van der Waals surface area contributed by atoms with E-state index >= 15 is 0 Å². The minimum Gasteiger partial charge on any atom is -0.495 e. The van der Waals surface area contributed by atoms with Crippen LogP contribution >= 0.6 is 27.3 Å². The summed E-state index contributed by atoms with van der Waals surface area (Å²) in [5.74, 6) is -0.112. The van der Waals surface area contributed by atoms with E-state index in [0.29, 0.717) is 49.8 Å². The molecule has 1 aliphatic heterocycles. The fourth-order valence-corrected chi connectivity index (χ4v) is 8.75. The number of nitrogens with zero attached hydrogens (tertiary/aromatic N) is 3. The lowest BCUT2D eigenvalue weighted by atomic mass is 9.86. The number of carbonyl (C=O) groups excluding carboxylic acids is 4. The van der Waals surface area contributed by atoms with Gasteiger partial charge in [-0.05, 0) is 58.8 Å². The van der Waals surface area contributed by atoms with Gasteiger partial charge in [0.05, 0.1) is 35.4 Å². The lowest BCUT2D eigenvalue weighted by molar-refractivity contribution is -0.150. The molecule has 2 saturated carbocycles. The number of likely N-dealkylation sites (tertiary alicyclic amines) is 1. The predicted octanol–water partition coefficient (Wildman–Crippen LogP) is 5.96. The van der Waals surface area contributed by atoms with Gasteiger partial charge in [-0.3, -0.25) is 24.0 Å². The molecule has 288 valence electrons. The molecule has 7 rings (SSSR count). The number of benzene rings is 1. The van der Waals surface area contributed by atoms with Crippen molar-refractivity contribution in [2.24, 2.45) is 17.3 Å². The number of ketones is 1. The molecule has 5 atom stereocenters. The van der Waals surface area contributed by atoms with Crippen LogP contribution in [0, 0.1) is 17.3 Å². The SMILES string of the molecule is COc1ccc2c(O[C@@H]3C[C@@H](C(=O)N[C@]45C[C@H]4C=CC5=O)N(C(=O)[C@@H](NOC4CCCC4)C(C)(C)C)C3)cc(-c3csc(NC(=O)C(C)C)n3)nc2c1Br. The smallest absolute Gasteiger partial charge is 0.243 e. The van der Waals surface area contributed by atoms with E-state index in [1.807, 2.05) is 58.2 Å². The fourth-order valence-electron chi connectivity index (χ4n) is 7.45. The standard InChI is InChI=1S/C39H47BrN6O7S/c1-20(2)34(48)43-37-42-26(19-54-37)25-16-29(24-12-13-28(51-6)31(40)32(24)41-25)52-23-15-27(35(49)44-39-17-21(39)11-14-30(39)47)46(18-23)36(50)33(38(3,4)5)45-53-22-9-7-8-10-22/h11-14,16,19-23,27,33,45H,7-10,15,17-18H2,1-6H3,(H,44,49)(H,42,43,48)/t21-,23-,27+,33-,39-/m1/s1. The van der Waals surface area contributed by atoms with Crippen molar-refractivity contribution in [1.82, 2.24) is 25.7 Å². The normalized spacial score (nSPS) is 24.3. The Bertz CT molecular complexity index is 2010. The monoisotopic (exact) mass is 822 g/mol. The Balaban J connectivity index is 1.21. The topological polar surface area (TPSA) is 161 Å². The minimum atomic E-state index is -0.930. The molecule has 13 nitrogen and oxygen atoms in total. The Hall–Kier alpha value is -3.92. The van der Waals surface area contributed by atoms with Crippen LogP contribution in [0.4, 0.5) is 5.13 Å². The van der Waals surface area contributed by atoms with Crippen LogP contribution in [-0.4, -0.2) is 81.9 Å². The molecule has 3 aliphatic carbocycles. The number of halogens is 1. The zero-order valence-electron chi connectivity index (χ0n) is 31.4. The number of thiazole rings is 1. The summed E-state index contributed by atoms with van der Waals surface area (Å²) in [7, 11) is 1.57. The third-order valence-corrected chi connectivity index (χ3v) is 12.3. The van der Waals surface area contributed by atoms with Gasteiger partial charge in [0, 0.05) is 35.1 Å². The second-order valence-electron chi connectivity index (χ2n) is 16.1. The van der Waals surface area contributed by atoms with Crippen molar-refractivity contribution in [3.05, 3.63) is 40.2 Å². The molecule has 0 bridgehead atoms. The first-order chi connectivity index (χ1) is 25.7. The molecule has 54 heavy (non-hydrogen) atoms. The Morgan fingerprint density at radius 2 is 1.83 bits per heavy atom. The highest BCUT2D eigenvalue weighted by molar-refractivity contribution is 9.10. The molecule has 1 saturated heterocycles. The van der Waals surface area contributed by atoms with E-state index in [2.05, 4.69) is 37.0 Å². The first kappa shape index (κ1) is 38.4. The summed E-state index contributed by atoms with van der Waals surface area (Å²) < 4.78 is 13.0. The van der Waals surface area contributed by atoms with Gasteiger partial charge in [-0.2, -0.15) is 5.48 Å². The maximum Gasteiger partial charge on any atom is 0.243 e. The molecule has 2 aromatic heterocycles. The summed E-state index contributed by atoms with van der Waals surface area (Å²) in [5.41, 5.74) is 3.22. The number of pyridine rings is 1. The van der Waals surface area contributed by atoms with Crippen molar-refractivity contribution in [2.45, 2.75) is 103 Å². The zero-order valence-corrected chi connectivity index (χ0v) is 33.8. The van der Waals surface area contributed by atoms with E-state index in [4.69, 9.17) is 19.3 Å². The van der Waals surface area contributed by atoms with Crippen molar-refractivity contribution >= 4 is 66.8 Å². The Labute approximate surface area is 327 Å². The lowest BCUT2D eigenvalue weighted by Crippen LogP contribution is -2.58. The molecule has 3 fully saturated rings. The largest absolute Gasteiger partial charge is 0.495 e. The average Bonchev–Trinajstić information content (AvgIpc) is 3.67. The Kier molecular flexibility index (Phi) is 10.6. The van der Waals surface area contributed by atoms with Gasteiger partial charge in [-0.1, -0.05) is 53.5 Å². The van der Waals surface area contributed by atoms with Gasteiger partial charge in [0.1, 0.15) is 40.9 Å². The van der Waals surface area contributed by atoms with Crippen molar-refractivity contribution in [2.75, 3.05) is 19.0 Å². The second kappa shape index (κ2) is 15.0. The molecule has 15 heteroatoms. The van der Waals surface area contributed by atoms with Gasteiger partial charge in [0.25, 0.3) is 0 Å². The number of fused-ring (bicyclic) bond motifs is 2. The van der Waals surface area contributed by atoms with Crippen LogP contribution in [-0.2, 0) is 24.0 Å². The van der Waals surface area contributed by atoms with Crippen molar-refractivity contribution in [1.29, 1.82) is 0 Å². The van der Waals surface area contributed by atoms with Gasteiger partial charge in [0.15, 0.2) is 10.9 Å². The first-order valence-corrected chi connectivity index (χ1v) is 20.2. The summed E-state index contributed by atoms with van der Waals surface area (Å²) in [5, 5.41) is 8.82. The summed E-state index contributed by atoms with van der Waals surface area (Å²) in [6.07, 6.45) is 7.55. The number of hydrogen-bond donors (Lipinski definition) is 3. The van der Waals surface area contributed by atoms with Gasteiger partial charge >= 0.3 is 0 Å². The maximum atomic E-state index is 14.6. The van der Waals surface area contributed by atoms with E-state index in [1.54, 1.807) is 18.1 Å². The molecule has 3 N–H and O–H groups in total. The highest BCUT2D eigenvalue weighted by Crippen LogP contribution is 2.50. The van der Waals surface area contributed by atoms with Crippen molar-refractivity contribution in [3.63, 3.8) is 0 Å². The number of hydroxylamine groups is 1. The first-order valence-electron chi connectivity index (χ1n) is 18.6. The Morgan fingerprint density at radius 3 is 2.48 bits per heavy atom. The van der Waals surface area contributed by atoms with Gasteiger partial charge in [-0.15, -0.1) is 11.3 Å². The van der Waals surface area contributed by atoms with Crippen molar-refractivity contribution in [3.8, 4) is 22.9 Å². The highest BCUT2D eigenvalue weighted by Gasteiger charge is 2.62. The highest BCUT2D eigenvalue weighted by atomic mass is 79.9. The second-order valence-corrected chi connectivity index (χ2v) is 17.7. The third kappa shape index (κ3) is 7.52. The van der Waals surface area contributed by atoms with Gasteiger partial charge < -0.3 is 25.0 Å². The summed E-state index contributed by atoms with van der Waals surface area (Å²) in [6.45, 7) is 9.64. The van der Waals surface area contributed by atoms with Crippen molar-refractivity contribution < 1.29 is 33.5 Å². The number of amides is 3. The van der Waals surface area contributed by atoms with E-state index in [9.17, 15) is 19.2 Å². The molecule has 3 amide bonds. The molecular weight excluding hydrogens is 776 g/mol. The van der Waals surface area contributed by atoms with Crippen LogP contribution in [0.5, 0.6) is 11.5 Å². The Morgan fingerprint density at radius 1 is 1.07 bits per heavy atom. The number of aromatic nitrogens is 2. The average molecular weight is 824 g/mol. The summed E-state index contributed by atoms with van der Waals surface area (Å²) in [4.78, 5) is 71.2. The molecule has 3 aromatic rings. The molecule has 0 radical (unpaired) electrons. The van der Waals surface area contributed by atoms with Gasteiger partial charge in [0.2, 0.25) is 17.7 Å². The zero-order chi connectivity index (χ0) is 38.5. The summed E-state index contributed by atoms with van der Waals surface area (Å²) in [6, 6.07) is 3.81. The number of rotatable bonds is 12. The van der Waals surface area contributed by atoms with E-state index in [0.717, 1.165) is 25.7 Å². The van der Waals surface area contributed by atoms with Crippen LogP contribution in [0.3, 0.4) is 0 Å². The maximum absolute atomic E-state index is 14.6. The lowest BCUT2D eigenvalue weighted by Gasteiger charge is -2.35. The van der Waals surface area contributed by atoms with Crippen LogP contribution in [0.15, 0.2) is 40.2 Å². The molecule has 0 unspecified atom stereocenters. The molecule has 3 heterocycles.